The Bertz CT molecular complexity index is 1430. The van der Waals surface area contributed by atoms with E-state index in [0.717, 1.165) is 24.2 Å². The van der Waals surface area contributed by atoms with Crippen molar-refractivity contribution >= 4 is 39.1 Å². The quantitative estimate of drug-likeness (QED) is 0.375. The summed E-state index contributed by atoms with van der Waals surface area (Å²) in [6, 6.07) is 7.26. The number of anilines is 2. The molecule has 11 heteroatoms. The van der Waals surface area contributed by atoms with Gasteiger partial charge in [0.15, 0.2) is 5.82 Å². The van der Waals surface area contributed by atoms with Crippen LogP contribution in [0.1, 0.15) is 24.2 Å². The number of halogens is 1. The Labute approximate surface area is 207 Å². The molecule has 2 aromatic heterocycles. The molecule has 0 saturated carbocycles. The molecular formula is C25H28FN7O3. The average molecular weight is 494 g/mol. The number of aliphatic hydroxyl groups excluding tert-OH is 1. The van der Waals surface area contributed by atoms with Gasteiger partial charge in [0, 0.05) is 59.7 Å². The van der Waals surface area contributed by atoms with Crippen molar-refractivity contribution in [3.63, 3.8) is 0 Å². The van der Waals surface area contributed by atoms with E-state index >= 15 is 0 Å². The summed E-state index contributed by atoms with van der Waals surface area (Å²) >= 11 is 0. The molecular weight excluding hydrogens is 465 g/mol. The van der Waals surface area contributed by atoms with E-state index in [1.165, 1.54) is 17.9 Å². The molecule has 3 heterocycles. The molecule has 1 fully saturated rings. The van der Waals surface area contributed by atoms with E-state index in [-0.39, 0.29) is 30.4 Å². The first-order chi connectivity index (χ1) is 17.4. The molecule has 0 radical (unpaired) electrons. The largest absolute Gasteiger partial charge is 0.467 e. The van der Waals surface area contributed by atoms with Crippen LogP contribution in [0.25, 0.3) is 21.8 Å². The molecule has 0 bridgehead atoms. The fraction of sp³-hybridized carbons (Fsp3) is 0.360. The summed E-state index contributed by atoms with van der Waals surface area (Å²) in [6.07, 6.45) is 3.30. The number of hydrogen-bond acceptors (Lipinski definition) is 8. The number of hydrogen-bond donors (Lipinski definition) is 3. The van der Waals surface area contributed by atoms with E-state index in [4.69, 9.17) is 9.84 Å². The molecule has 1 aliphatic rings. The lowest BCUT2D eigenvalue weighted by molar-refractivity contribution is 0.102. The van der Waals surface area contributed by atoms with Gasteiger partial charge in [0.25, 0.3) is 5.91 Å². The second-order valence-corrected chi connectivity index (χ2v) is 9.09. The fourth-order valence-corrected chi connectivity index (χ4v) is 4.80. The zero-order valence-corrected chi connectivity index (χ0v) is 20.3. The van der Waals surface area contributed by atoms with Gasteiger partial charge in [-0.05, 0) is 38.1 Å². The van der Waals surface area contributed by atoms with Crippen molar-refractivity contribution in [2.45, 2.75) is 32.5 Å². The Balaban J connectivity index is 1.51. The van der Waals surface area contributed by atoms with E-state index in [1.54, 1.807) is 24.5 Å². The summed E-state index contributed by atoms with van der Waals surface area (Å²) in [5, 5.41) is 20.8. The topological polar surface area (TPSA) is 117 Å². The third kappa shape index (κ3) is 4.54. The van der Waals surface area contributed by atoms with Crippen LogP contribution in [0.15, 0.2) is 36.7 Å². The predicted octanol–water partition coefficient (Wildman–Crippen LogP) is 2.56. The first-order valence-corrected chi connectivity index (χ1v) is 11.8. The van der Waals surface area contributed by atoms with Crippen molar-refractivity contribution in [2.24, 2.45) is 0 Å². The number of carbonyl (C=O) groups is 1. The lowest BCUT2D eigenvalue weighted by Crippen LogP contribution is -2.54. The molecule has 2 atom stereocenters. The normalized spacial score (nSPS) is 18.1. The number of piperazine rings is 1. The highest BCUT2D eigenvalue weighted by atomic mass is 19.1. The molecule has 0 aliphatic carbocycles. The standard InChI is InChI=1S/C25H28FN7O3/c1-14-11-32(12-15(2)28-14)21-5-4-18(23-19(21)10-27-25(30-23)36-3)24(35)29-17-8-16-13-33(6-7-34)31-22(16)20(26)9-17/h4-5,8-10,13-15,28,34H,6-7,11-12H2,1-3H3,(H,29,35)/t14-,15+. The number of amides is 1. The minimum atomic E-state index is -0.564. The summed E-state index contributed by atoms with van der Waals surface area (Å²) < 4.78 is 21.4. The van der Waals surface area contributed by atoms with Gasteiger partial charge in [0.05, 0.1) is 31.3 Å². The summed E-state index contributed by atoms with van der Waals surface area (Å²) in [5.74, 6) is -0.999. The van der Waals surface area contributed by atoms with Crippen LogP contribution in [0.2, 0.25) is 0 Å². The third-order valence-electron chi connectivity index (χ3n) is 6.23. The molecule has 0 unspecified atom stereocenters. The summed E-state index contributed by atoms with van der Waals surface area (Å²) in [5.41, 5.74) is 2.17. The van der Waals surface area contributed by atoms with Crippen molar-refractivity contribution in [1.29, 1.82) is 0 Å². The lowest BCUT2D eigenvalue weighted by atomic mass is 10.0. The monoisotopic (exact) mass is 493 g/mol. The molecule has 1 aliphatic heterocycles. The van der Waals surface area contributed by atoms with Gasteiger partial charge < -0.3 is 25.4 Å². The first kappa shape index (κ1) is 23.9. The van der Waals surface area contributed by atoms with Gasteiger partial charge in [-0.15, -0.1) is 0 Å². The van der Waals surface area contributed by atoms with Gasteiger partial charge in [0.1, 0.15) is 5.52 Å². The number of benzene rings is 2. The van der Waals surface area contributed by atoms with Crippen LogP contribution >= 0.6 is 0 Å². The number of carbonyl (C=O) groups excluding carboxylic acids is 1. The average Bonchev–Trinajstić information content (AvgIpc) is 3.25. The van der Waals surface area contributed by atoms with E-state index in [9.17, 15) is 9.18 Å². The van der Waals surface area contributed by atoms with Crippen molar-refractivity contribution in [3.8, 4) is 6.01 Å². The number of methoxy groups -OCH3 is 1. The van der Waals surface area contributed by atoms with Crippen LogP contribution in [0.5, 0.6) is 6.01 Å². The van der Waals surface area contributed by atoms with Crippen LogP contribution in [0.4, 0.5) is 15.8 Å². The highest BCUT2D eigenvalue weighted by Crippen LogP contribution is 2.31. The summed E-state index contributed by atoms with van der Waals surface area (Å²) in [7, 11) is 1.47. The molecule has 36 heavy (non-hydrogen) atoms. The number of aliphatic hydroxyl groups is 1. The zero-order valence-electron chi connectivity index (χ0n) is 20.3. The van der Waals surface area contributed by atoms with Gasteiger partial charge in [-0.2, -0.15) is 10.1 Å². The third-order valence-corrected chi connectivity index (χ3v) is 6.23. The predicted molar refractivity (Wildman–Crippen MR) is 135 cm³/mol. The number of nitrogens with one attached hydrogen (secondary N) is 2. The highest BCUT2D eigenvalue weighted by molar-refractivity contribution is 6.14. The van der Waals surface area contributed by atoms with Crippen LogP contribution in [-0.2, 0) is 6.54 Å². The van der Waals surface area contributed by atoms with Gasteiger partial charge in [-0.1, -0.05) is 0 Å². The molecule has 10 nitrogen and oxygen atoms in total. The maximum atomic E-state index is 14.7. The SMILES string of the molecule is COc1ncc2c(N3C[C@@H](C)N[C@@H](C)C3)ccc(C(=O)Nc3cc(F)c4nn(CCO)cc4c3)c2n1. The Morgan fingerprint density at radius 3 is 2.75 bits per heavy atom. The fourth-order valence-electron chi connectivity index (χ4n) is 4.80. The first-order valence-electron chi connectivity index (χ1n) is 11.8. The van der Waals surface area contributed by atoms with Crippen molar-refractivity contribution in [3.05, 3.63) is 48.0 Å². The van der Waals surface area contributed by atoms with E-state index < -0.39 is 11.7 Å². The van der Waals surface area contributed by atoms with Crippen LogP contribution in [0, 0.1) is 5.82 Å². The number of aromatic nitrogens is 4. The summed E-state index contributed by atoms with van der Waals surface area (Å²) in [4.78, 5) is 24.4. The maximum absolute atomic E-state index is 14.7. The minimum Gasteiger partial charge on any atom is -0.467 e. The molecule has 0 spiro atoms. The minimum absolute atomic E-state index is 0.112. The van der Waals surface area contributed by atoms with Crippen molar-refractivity contribution in [2.75, 3.05) is 37.0 Å². The van der Waals surface area contributed by atoms with Gasteiger partial charge in [-0.25, -0.2) is 9.37 Å². The molecule has 2 aromatic carbocycles. The number of nitrogens with zero attached hydrogens (tertiary/aromatic N) is 5. The Morgan fingerprint density at radius 2 is 2.03 bits per heavy atom. The second-order valence-electron chi connectivity index (χ2n) is 9.09. The molecule has 5 rings (SSSR count). The van der Waals surface area contributed by atoms with Gasteiger partial charge >= 0.3 is 6.01 Å². The van der Waals surface area contributed by atoms with Gasteiger partial charge in [-0.3, -0.25) is 9.48 Å². The van der Waals surface area contributed by atoms with Crippen LogP contribution < -0.4 is 20.3 Å². The van der Waals surface area contributed by atoms with Crippen LogP contribution in [0.3, 0.4) is 0 Å². The smallest absolute Gasteiger partial charge is 0.316 e. The zero-order chi connectivity index (χ0) is 25.4. The number of ether oxygens (including phenoxy) is 1. The Kier molecular flexibility index (Phi) is 6.42. The van der Waals surface area contributed by atoms with E-state index in [0.29, 0.717) is 28.6 Å². The molecule has 3 N–H and O–H groups in total. The Hall–Kier alpha value is -3.83. The Morgan fingerprint density at radius 1 is 1.25 bits per heavy atom. The highest BCUT2D eigenvalue weighted by Gasteiger charge is 2.25. The number of rotatable bonds is 6. The molecule has 1 amide bonds. The molecule has 188 valence electrons. The van der Waals surface area contributed by atoms with Crippen LogP contribution in [-0.4, -0.2) is 69.7 Å². The lowest BCUT2D eigenvalue weighted by Gasteiger charge is -2.38. The number of fused-ring (bicyclic) bond motifs is 2. The maximum Gasteiger partial charge on any atom is 0.316 e. The second kappa shape index (κ2) is 9.67. The molecule has 1 saturated heterocycles. The molecule has 4 aromatic rings. The van der Waals surface area contributed by atoms with E-state index in [1.807, 2.05) is 6.07 Å². The van der Waals surface area contributed by atoms with Crippen molar-refractivity contribution in [1.82, 2.24) is 25.1 Å². The summed E-state index contributed by atoms with van der Waals surface area (Å²) in [6.45, 7) is 6.02. The van der Waals surface area contributed by atoms with Crippen molar-refractivity contribution < 1.29 is 19.0 Å². The van der Waals surface area contributed by atoms with E-state index in [2.05, 4.69) is 44.4 Å². The van der Waals surface area contributed by atoms with Gasteiger partial charge in [0.2, 0.25) is 0 Å².